The summed E-state index contributed by atoms with van der Waals surface area (Å²) in [5.74, 6) is -0.306. The number of anilines is 1. The van der Waals surface area contributed by atoms with Crippen molar-refractivity contribution in [2.45, 2.75) is 43.9 Å². The summed E-state index contributed by atoms with van der Waals surface area (Å²) in [7, 11) is -3.56. The van der Waals surface area contributed by atoms with Gasteiger partial charge in [0.2, 0.25) is 10.0 Å². The predicted octanol–water partition coefficient (Wildman–Crippen LogP) is 3.29. The predicted molar refractivity (Wildman–Crippen MR) is 129 cm³/mol. The third-order valence-electron chi connectivity index (χ3n) is 6.53. The van der Waals surface area contributed by atoms with Crippen LogP contribution in [0.3, 0.4) is 0 Å². The molecule has 2 aliphatic heterocycles. The lowest BCUT2D eigenvalue weighted by molar-refractivity contribution is -0.136. The molecule has 0 saturated carbocycles. The lowest BCUT2D eigenvalue weighted by Crippen LogP contribution is -2.46. The van der Waals surface area contributed by atoms with Crippen LogP contribution in [-0.2, 0) is 14.8 Å². The van der Waals surface area contributed by atoms with Crippen molar-refractivity contribution in [3.05, 3.63) is 53.6 Å². The SMILES string of the molecule is CC[C@@H](C(=O)Oc1ccc(S(=O)(=O)N2CCNCC2)cc1C)c1ccc(N2CCCC2)cc1. The van der Waals surface area contributed by atoms with Gasteiger partial charge >= 0.3 is 5.97 Å². The van der Waals surface area contributed by atoms with Gasteiger partial charge < -0.3 is 15.0 Å². The van der Waals surface area contributed by atoms with Gasteiger partial charge in [0.1, 0.15) is 5.75 Å². The molecule has 2 saturated heterocycles. The Kier molecular flexibility index (Phi) is 7.36. The van der Waals surface area contributed by atoms with Crippen molar-refractivity contribution in [3.8, 4) is 5.75 Å². The summed E-state index contributed by atoms with van der Waals surface area (Å²) in [6.45, 7) is 8.09. The molecule has 33 heavy (non-hydrogen) atoms. The highest BCUT2D eigenvalue weighted by Gasteiger charge is 2.27. The second kappa shape index (κ2) is 10.2. The van der Waals surface area contributed by atoms with E-state index in [-0.39, 0.29) is 16.8 Å². The molecule has 2 heterocycles. The van der Waals surface area contributed by atoms with Crippen molar-refractivity contribution < 1.29 is 17.9 Å². The number of nitrogens with zero attached hydrogens (tertiary/aromatic N) is 2. The van der Waals surface area contributed by atoms with Crippen LogP contribution in [0.25, 0.3) is 0 Å². The van der Waals surface area contributed by atoms with E-state index in [2.05, 4.69) is 22.3 Å². The first-order chi connectivity index (χ1) is 15.9. The molecule has 2 fully saturated rings. The van der Waals surface area contributed by atoms with Crippen molar-refractivity contribution in [2.75, 3.05) is 44.2 Å². The fourth-order valence-corrected chi connectivity index (χ4v) is 6.07. The minimum Gasteiger partial charge on any atom is -0.426 e. The van der Waals surface area contributed by atoms with Crippen molar-refractivity contribution in [2.24, 2.45) is 0 Å². The Morgan fingerprint density at radius 1 is 1.03 bits per heavy atom. The van der Waals surface area contributed by atoms with E-state index in [1.165, 1.54) is 28.9 Å². The summed E-state index contributed by atoms with van der Waals surface area (Å²) < 4.78 is 33.1. The van der Waals surface area contributed by atoms with Crippen LogP contribution < -0.4 is 15.0 Å². The maximum atomic E-state index is 13.0. The Hall–Kier alpha value is -2.42. The number of hydrogen-bond donors (Lipinski definition) is 1. The monoisotopic (exact) mass is 471 g/mol. The standard InChI is InChI=1S/C25H33N3O4S/c1-3-23(20-6-8-21(9-7-20)27-14-4-5-15-27)25(29)32-24-11-10-22(18-19(24)2)33(30,31)28-16-12-26-13-17-28/h6-11,18,23,26H,3-5,12-17H2,1-2H3/t23-/m1/s1. The number of benzene rings is 2. The molecule has 2 aromatic rings. The van der Waals surface area contributed by atoms with Gasteiger partial charge in [0, 0.05) is 45.0 Å². The molecule has 0 unspecified atom stereocenters. The van der Waals surface area contributed by atoms with E-state index in [4.69, 9.17) is 4.74 Å². The second-order valence-electron chi connectivity index (χ2n) is 8.75. The zero-order valence-corrected chi connectivity index (χ0v) is 20.2. The number of piperazine rings is 1. The molecule has 0 spiro atoms. The highest BCUT2D eigenvalue weighted by atomic mass is 32.2. The van der Waals surface area contributed by atoms with Crippen LogP contribution in [0.15, 0.2) is 47.4 Å². The van der Waals surface area contributed by atoms with E-state index in [9.17, 15) is 13.2 Å². The molecule has 0 aliphatic carbocycles. The van der Waals surface area contributed by atoms with Gasteiger partial charge in [0.05, 0.1) is 10.8 Å². The van der Waals surface area contributed by atoms with Gasteiger partial charge in [0.25, 0.3) is 0 Å². The number of rotatable bonds is 7. The van der Waals surface area contributed by atoms with Gasteiger partial charge in [-0.3, -0.25) is 4.79 Å². The number of ether oxygens (including phenoxy) is 1. The van der Waals surface area contributed by atoms with Crippen LogP contribution in [0, 0.1) is 6.92 Å². The Bertz CT molecular complexity index is 1070. The van der Waals surface area contributed by atoms with Crippen LogP contribution in [-0.4, -0.2) is 58.0 Å². The normalized spacial score (nSPS) is 18.3. The smallest absolute Gasteiger partial charge is 0.318 e. The van der Waals surface area contributed by atoms with Crippen LogP contribution in [0.5, 0.6) is 5.75 Å². The summed E-state index contributed by atoms with van der Waals surface area (Å²) in [4.78, 5) is 15.6. The quantitative estimate of drug-likeness (QED) is 0.493. The van der Waals surface area contributed by atoms with Gasteiger partial charge in [0.15, 0.2) is 0 Å². The van der Waals surface area contributed by atoms with Crippen LogP contribution in [0.4, 0.5) is 5.69 Å². The minimum atomic E-state index is -3.56. The minimum absolute atomic E-state index is 0.228. The first-order valence-electron chi connectivity index (χ1n) is 11.8. The lowest BCUT2D eigenvalue weighted by Gasteiger charge is -2.26. The molecule has 7 nitrogen and oxygen atoms in total. The highest BCUT2D eigenvalue weighted by Crippen LogP contribution is 2.29. The zero-order chi connectivity index (χ0) is 23.4. The first-order valence-corrected chi connectivity index (χ1v) is 13.2. The number of esters is 1. The Balaban J connectivity index is 1.46. The summed E-state index contributed by atoms with van der Waals surface area (Å²) in [6, 6.07) is 12.9. The summed E-state index contributed by atoms with van der Waals surface area (Å²) in [6.07, 6.45) is 3.07. The van der Waals surface area contributed by atoms with E-state index in [1.54, 1.807) is 19.1 Å². The van der Waals surface area contributed by atoms with Gasteiger partial charge in [-0.2, -0.15) is 4.31 Å². The maximum absolute atomic E-state index is 13.0. The van der Waals surface area contributed by atoms with Gasteiger partial charge in [-0.15, -0.1) is 0 Å². The van der Waals surface area contributed by atoms with E-state index in [0.717, 1.165) is 18.7 Å². The maximum Gasteiger partial charge on any atom is 0.318 e. The Labute approximate surface area is 196 Å². The number of hydrogen-bond acceptors (Lipinski definition) is 6. The van der Waals surface area contributed by atoms with Crippen molar-refractivity contribution in [3.63, 3.8) is 0 Å². The molecule has 0 amide bonds. The Morgan fingerprint density at radius 3 is 2.30 bits per heavy atom. The molecule has 0 aromatic heterocycles. The molecule has 1 N–H and O–H groups in total. The van der Waals surface area contributed by atoms with Crippen LogP contribution in [0.1, 0.15) is 43.2 Å². The molecule has 178 valence electrons. The van der Waals surface area contributed by atoms with Crippen LogP contribution >= 0.6 is 0 Å². The molecular formula is C25H33N3O4S. The Morgan fingerprint density at radius 2 is 1.70 bits per heavy atom. The highest BCUT2D eigenvalue weighted by molar-refractivity contribution is 7.89. The molecule has 2 aliphatic rings. The fourth-order valence-electron chi connectivity index (χ4n) is 4.54. The second-order valence-corrected chi connectivity index (χ2v) is 10.7. The number of carbonyl (C=O) groups is 1. The number of carbonyl (C=O) groups excluding carboxylic acids is 1. The fraction of sp³-hybridized carbons (Fsp3) is 0.480. The van der Waals surface area contributed by atoms with Crippen molar-refractivity contribution in [1.82, 2.24) is 9.62 Å². The largest absolute Gasteiger partial charge is 0.426 e. The molecule has 0 radical (unpaired) electrons. The first kappa shape index (κ1) is 23.7. The van der Waals surface area contributed by atoms with E-state index >= 15 is 0 Å². The average Bonchev–Trinajstić information content (AvgIpc) is 3.37. The van der Waals surface area contributed by atoms with Crippen molar-refractivity contribution >= 4 is 21.7 Å². The lowest BCUT2D eigenvalue weighted by atomic mass is 9.96. The number of nitrogens with one attached hydrogen (secondary N) is 1. The van der Waals surface area contributed by atoms with E-state index < -0.39 is 10.0 Å². The van der Waals surface area contributed by atoms with Gasteiger partial charge in [-0.05, 0) is 67.6 Å². The topological polar surface area (TPSA) is 79.0 Å². The molecular weight excluding hydrogens is 438 g/mol. The van der Waals surface area contributed by atoms with Gasteiger partial charge in [-0.25, -0.2) is 8.42 Å². The van der Waals surface area contributed by atoms with Gasteiger partial charge in [-0.1, -0.05) is 19.1 Å². The molecule has 8 heteroatoms. The summed E-state index contributed by atoms with van der Waals surface area (Å²) in [5.41, 5.74) is 2.75. The molecule has 2 aromatic carbocycles. The van der Waals surface area contributed by atoms with Crippen LogP contribution in [0.2, 0.25) is 0 Å². The number of aryl methyl sites for hydroxylation is 1. The third kappa shape index (κ3) is 5.23. The summed E-state index contributed by atoms with van der Waals surface area (Å²) in [5, 5.41) is 3.16. The molecule has 4 rings (SSSR count). The molecule has 1 atom stereocenters. The zero-order valence-electron chi connectivity index (χ0n) is 19.4. The average molecular weight is 472 g/mol. The van der Waals surface area contributed by atoms with E-state index in [0.29, 0.717) is 43.9 Å². The number of sulfonamides is 1. The van der Waals surface area contributed by atoms with Crippen molar-refractivity contribution in [1.29, 1.82) is 0 Å². The third-order valence-corrected chi connectivity index (χ3v) is 8.42. The molecule has 0 bridgehead atoms. The summed E-state index contributed by atoms with van der Waals surface area (Å²) >= 11 is 0. The van der Waals surface area contributed by atoms with E-state index in [1.807, 2.05) is 19.1 Å².